The summed E-state index contributed by atoms with van der Waals surface area (Å²) in [6, 6.07) is 10.3. The molecule has 0 saturated carbocycles. The first-order valence-corrected chi connectivity index (χ1v) is 5.26. The maximum atomic E-state index is 11.4. The van der Waals surface area contributed by atoms with E-state index in [0.29, 0.717) is 5.02 Å². The first kappa shape index (κ1) is 11.4. The van der Waals surface area contributed by atoms with E-state index in [1.165, 1.54) is 12.5 Å². The van der Waals surface area contributed by atoms with Crippen LogP contribution >= 0.6 is 11.6 Å². The average molecular weight is 249 g/mol. The molecule has 0 bridgehead atoms. The van der Waals surface area contributed by atoms with Crippen LogP contribution in [0.1, 0.15) is 16.1 Å². The lowest BCUT2D eigenvalue weighted by Gasteiger charge is -1.95. The zero-order valence-corrected chi connectivity index (χ0v) is 9.52. The molecule has 86 valence electrons. The number of halogens is 1. The topological polar surface area (TPSA) is 54.6 Å². The minimum absolute atomic E-state index is 0.221. The van der Waals surface area contributed by atoms with Gasteiger partial charge in [0, 0.05) is 5.02 Å². The fourth-order valence-electron chi connectivity index (χ4n) is 1.18. The van der Waals surface area contributed by atoms with Gasteiger partial charge in [-0.3, -0.25) is 4.79 Å². The van der Waals surface area contributed by atoms with Crippen molar-refractivity contribution in [2.24, 2.45) is 5.10 Å². The van der Waals surface area contributed by atoms with Gasteiger partial charge in [-0.1, -0.05) is 23.7 Å². The summed E-state index contributed by atoms with van der Waals surface area (Å²) < 4.78 is 4.91. The van der Waals surface area contributed by atoms with E-state index < -0.39 is 0 Å². The highest BCUT2D eigenvalue weighted by Crippen LogP contribution is 2.07. The molecule has 1 N–H and O–H groups in total. The molecule has 0 radical (unpaired) electrons. The third-order valence-electron chi connectivity index (χ3n) is 1.99. The second kappa shape index (κ2) is 5.32. The van der Waals surface area contributed by atoms with E-state index >= 15 is 0 Å². The van der Waals surface area contributed by atoms with Gasteiger partial charge in [0.15, 0.2) is 5.76 Å². The second-order valence-electron chi connectivity index (χ2n) is 3.23. The van der Waals surface area contributed by atoms with Gasteiger partial charge in [0.2, 0.25) is 0 Å². The van der Waals surface area contributed by atoms with Gasteiger partial charge in [-0.25, -0.2) is 5.43 Å². The number of rotatable bonds is 3. The number of nitrogens with zero attached hydrogens (tertiary/aromatic N) is 1. The lowest BCUT2D eigenvalue weighted by molar-refractivity contribution is 0.0927. The Kier molecular flexibility index (Phi) is 3.57. The largest absolute Gasteiger partial charge is 0.459 e. The van der Waals surface area contributed by atoms with Crippen LogP contribution < -0.4 is 5.43 Å². The molecule has 1 aromatic carbocycles. The Morgan fingerprint density at radius 1 is 1.29 bits per heavy atom. The molecule has 1 amide bonds. The molecule has 1 aromatic heterocycles. The van der Waals surface area contributed by atoms with Crippen molar-refractivity contribution in [1.29, 1.82) is 0 Å². The number of carbonyl (C=O) groups excluding carboxylic acids is 1. The zero-order valence-electron chi connectivity index (χ0n) is 8.76. The number of furan rings is 1. The number of nitrogens with one attached hydrogen (secondary N) is 1. The molecule has 1 heterocycles. The number of hydrogen-bond acceptors (Lipinski definition) is 3. The molecule has 0 aliphatic rings. The van der Waals surface area contributed by atoms with Crippen LogP contribution in [0.4, 0.5) is 0 Å². The van der Waals surface area contributed by atoms with E-state index in [0.717, 1.165) is 5.56 Å². The third kappa shape index (κ3) is 3.19. The van der Waals surface area contributed by atoms with Crippen molar-refractivity contribution < 1.29 is 9.21 Å². The first-order chi connectivity index (χ1) is 8.25. The molecule has 0 aliphatic heterocycles. The average Bonchev–Trinajstić information content (AvgIpc) is 2.85. The van der Waals surface area contributed by atoms with Gasteiger partial charge in [0.1, 0.15) is 0 Å². The van der Waals surface area contributed by atoms with Crippen LogP contribution in [0, 0.1) is 0 Å². The van der Waals surface area contributed by atoms with E-state index in [1.807, 2.05) is 0 Å². The van der Waals surface area contributed by atoms with Crippen molar-refractivity contribution in [1.82, 2.24) is 5.43 Å². The maximum absolute atomic E-state index is 11.4. The summed E-state index contributed by atoms with van der Waals surface area (Å²) in [5, 5.41) is 4.45. The molecule has 0 fully saturated rings. The summed E-state index contributed by atoms with van der Waals surface area (Å²) in [5.74, 6) is -0.168. The van der Waals surface area contributed by atoms with Crippen LogP contribution in [0.2, 0.25) is 5.02 Å². The second-order valence-corrected chi connectivity index (χ2v) is 3.66. The standard InChI is InChI=1S/C12H9ClN2O2/c13-10-5-3-9(4-6-10)8-14-15-12(16)11-2-1-7-17-11/h1-8H,(H,15,16)/b14-8-. The Morgan fingerprint density at radius 2 is 2.06 bits per heavy atom. The smallest absolute Gasteiger partial charge is 0.307 e. The predicted molar refractivity (Wildman–Crippen MR) is 65.2 cm³/mol. The van der Waals surface area contributed by atoms with E-state index in [2.05, 4.69) is 10.5 Å². The van der Waals surface area contributed by atoms with Gasteiger partial charge in [0.05, 0.1) is 12.5 Å². The molecule has 2 aromatic rings. The Morgan fingerprint density at radius 3 is 2.71 bits per heavy atom. The number of benzene rings is 1. The molecule has 2 rings (SSSR count). The molecule has 17 heavy (non-hydrogen) atoms. The summed E-state index contributed by atoms with van der Waals surface area (Å²) >= 11 is 5.74. The Labute approximate surface area is 103 Å². The summed E-state index contributed by atoms with van der Waals surface area (Å²) in [5.41, 5.74) is 3.19. The minimum Gasteiger partial charge on any atom is -0.459 e. The number of carbonyl (C=O) groups is 1. The molecule has 4 nitrogen and oxygen atoms in total. The van der Waals surface area contributed by atoms with Crippen LogP contribution in [0.15, 0.2) is 52.2 Å². The highest BCUT2D eigenvalue weighted by atomic mass is 35.5. The van der Waals surface area contributed by atoms with Crippen LogP contribution in [0.3, 0.4) is 0 Å². The number of amides is 1. The van der Waals surface area contributed by atoms with Gasteiger partial charge in [-0.05, 0) is 29.8 Å². The molecule has 0 aliphatic carbocycles. The van der Waals surface area contributed by atoms with Crippen molar-refractivity contribution in [2.45, 2.75) is 0 Å². The number of hydrogen-bond donors (Lipinski definition) is 1. The predicted octanol–water partition coefficient (Wildman–Crippen LogP) is 2.70. The van der Waals surface area contributed by atoms with Crippen molar-refractivity contribution in [3.05, 3.63) is 59.0 Å². The maximum Gasteiger partial charge on any atom is 0.307 e. The van der Waals surface area contributed by atoms with E-state index in [-0.39, 0.29) is 11.7 Å². The summed E-state index contributed by atoms with van der Waals surface area (Å²) in [4.78, 5) is 11.4. The molecule has 0 unspecified atom stereocenters. The van der Waals surface area contributed by atoms with Gasteiger partial charge in [-0.15, -0.1) is 0 Å². The lowest BCUT2D eigenvalue weighted by atomic mass is 10.2. The Balaban J connectivity index is 1.94. The van der Waals surface area contributed by atoms with Gasteiger partial charge < -0.3 is 4.42 Å². The minimum atomic E-state index is -0.389. The molecule has 0 spiro atoms. The van der Waals surface area contributed by atoms with Gasteiger partial charge in [-0.2, -0.15) is 5.10 Å². The van der Waals surface area contributed by atoms with Gasteiger partial charge >= 0.3 is 5.91 Å². The summed E-state index contributed by atoms with van der Waals surface area (Å²) in [7, 11) is 0. The van der Waals surface area contributed by atoms with E-state index in [1.54, 1.807) is 36.4 Å². The van der Waals surface area contributed by atoms with Crippen molar-refractivity contribution in [3.63, 3.8) is 0 Å². The Hall–Kier alpha value is -2.07. The van der Waals surface area contributed by atoms with Gasteiger partial charge in [0.25, 0.3) is 0 Å². The Bertz CT molecular complexity index is 518. The van der Waals surface area contributed by atoms with Crippen LogP contribution in [-0.4, -0.2) is 12.1 Å². The van der Waals surface area contributed by atoms with Crippen molar-refractivity contribution >= 4 is 23.7 Å². The molecular weight excluding hydrogens is 240 g/mol. The van der Waals surface area contributed by atoms with Crippen molar-refractivity contribution in [3.8, 4) is 0 Å². The third-order valence-corrected chi connectivity index (χ3v) is 2.25. The lowest BCUT2D eigenvalue weighted by Crippen LogP contribution is -2.16. The molecule has 0 saturated heterocycles. The van der Waals surface area contributed by atoms with E-state index in [4.69, 9.17) is 16.0 Å². The molecular formula is C12H9ClN2O2. The fourth-order valence-corrected chi connectivity index (χ4v) is 1.30. The number of hydrazone groups is 1. The molecule has 5 heteroatoms. The van der Waals surface area contributed by atoms with Crippen LogP contribution in [0.25, 0.3) is 0 Å². The highest BCUT2D eigenvalue weighted by Gasteiger charge is 2.05. The SMILES string of the molecule is O=C(N/N=C\c1ccc(Cl)cc1)c1ccco1. The summed E-state index contributed by atoms with van der Waals surface area (Å²) in [6.07, 6.45) is 2.95. The molecule has 0 atom stereocenters. The zero-order chi connectivity index (χ0) is 12.1. The van der Waals surface area contributed by atoms with Crippen LogP contribution in [-0.2, 0) is 0 Å². The monoisotopic (exact) mass is 248 g/mol. The fraction of sp³-hybridized carbons (Fsp3) is 0. The van der Waals surface area contributed by atoms with Crippen LogP contribution in [0.5, 0.6) is 0 Å². The quantitative estimate of drug-likeness (QED) is 0.671. The first-order valence-electron chi connectivity index (χ1n) is 4.88. The van der Waals surface area contributed by atoms with Crippen molar-refractivity contribution in [2.75, 3.05) is 0 Å². The normalized spacial score (nSPS) is 10.6. The highest BCUT2D eigenvalue weighted by molar-refractivity contribution is 6.30. The summed E-state index contributed by atoms with van der Waals surface area (Å²) in [6.45, 7) is 0. The van der Waals surface area contributed by atoms with E-state index in [9.17, 15) is 4.79 Å².